The average Bonchev–Trinajstić information content (AvgIpc) is 2.98. The molecule has 0 aromatic heterocycles. The zero-order valence-electron chi connectivity index (χ0n) is 11.6. The standard InChI is InChI=1S/C15H18N2O4/c18-14(19)10-5-7-17(9-10)15(20)16-12-6-8-21-13-4-2-1-3-11(12)13/h1-4,10,12H,5-9H2,(H,16,20)(H,18,19). The monoisotopic (exact) mass is 290 g/mol. The van der Waals surface area contributed by atoms with Crippen LogP contribution in [0.2, 0.25) is 0 Å². The Balaban J connectivity index is 1.65. The van der Waals surface area contributed by atoms with Crippen LogP contribution in [-0.4, -0.2) is 41.7 Å². The van der Waals surface area contributed by atoms with E-state index in [1.807, 2.05) is 24.3 Å². The van der Waals surface area contributed by atoms with Crippen LogP contribution in [0.1, 0.15) is 24.4 Å². The van der Waals surface area contributed by atoms with Gasteiger partial charge in [0.15, 0.2) is 0 Å². The number of urea groups is 1. The van der Waals surface area contributed by atoms with Crippen molar-refractivity contribution in [1.82, 2.24) is 10.2 Å². The Kier molecular flexibility index (Phi) is 3.68. The number of para-hydroxylation sites is 1. The molecule has 6 nitrogen and oxygen atoms in total. The number of nitrogens with zero attached hydrogens (tertiary/aromatic N) is 1. The number of ether oxygens (including phenoxy) is 1. The quantitative estimate of drug-likeness (QED) is 0.867. The highest BCUT2D eigenvalue weighted by molar-refractivity contribution is 5.77. The van der Waals surface area contributed by atoms with Gasteiger partial charge in [0.05, 0.1) is 18.6 Å². The zero-order chi connectivity index (χ0) is 14.8. The second-order valence-electron chi connectivity index (χ2n) is 5.45. The summed E-state index contributed by atoms with van der Waals surface area (Å²) < 4.78 is 5.57. The number of carbonyl (C=O) groups is 2. The van der Waals surface area contributed by atoms with Gasteiger partial charge >= 0.3 is 12.0 Å². The zero-order valence-corrected chi connectivity index (χ0v) is 11.6. The maximum absolute atomic E-state index is 12.3. The van der Waals surface area contributed by atoms with Crippen LogP contribution in [0, 0.1) is 5.92 Å². The van der Waals surface area contributed by atoms with Crippen molar-refractivity contribution in [2.24, 2.45) is 5.92 Å². The third kappa shape index (κ3) is 2.79. The number of hydrogen-bond donors (Lipinski definition) is 2. The fourth-order valence-corrected chi connectivity index (χ4v) is 2.88. The Hall–Kier alpha value is -2.24. The van der Waals surface area contributed by atoms with Gasteiger partial charge in [-0.2, -0.15) is 0 Å². The number of nitrogens with one attached hydrogen (secondary N) is 1. The highest BCUT2D eigenvalue weighted by Gasteiger charge is 2.32. The summed E-state index contributed by atoms with van der Waals surface area (Å²) in [4.78, 5) is 24.8. The molecule has 2 aliphatic rings. The summed E-state index contributed by atoms with van der Waals surface area (Å²) in [6.07, 6.45) is 1.24. The molecule has 1 aromatic carbocycles. The maximum atomic E-state index is 12.3. The fraction of sp³-hybridized carbons (Fsp3) is 0.467. The minimum Gasteiger partial charge on any atom is -0.493 e. The van der Waals surface area contributed by atoms with E-state index < -0.39 is 11.9 Å². The van der Waals surface area contributed by atoms with Crippen LogP contribution in [0.4, 0.5) is 4.79 Å². The minimum absolute atomic E-state index is 0.0775. The van der Waals surface area contributed by atoms with E-state index in [9.17, 15) is 9.59 Å². The summed E-state index contributed by atoms with van der Waals surface area (Å²) in [6, 6.07) is 7.39. The molecule has 1 aromatic rings. The molecule has 1 fully saturated rings. The molecule has 0 radical (unpaired) electrons. The molecule has 2 heterocycles. The lowest BCUT2D eigenvalue weighted by atomic mass is 10.0. The molecule has 6 heteroatoms. The molecular weight excluding hydrogens is 272 g/mol. The number of amides is 2. The SMILES string of the molecule is O=C(O)C1CCN(C(=O)NC2CCOc3ccccc32)C1. The summed E-state index contributed by atoms with van der Waals surface area (Å²) in [6.45, 7) is 1.35. The predicted octanol–water partition coefficient (Wildman–Crippen LogP) is 1.63. The molecule has 2 unspecified atom stereocenters. The highest BCUT2D eigenvalue weighted by atomic mass is 16.5. The molecule has 1 saturated heterocycles. The van der Waals surface area contributed by atoms with Crippen LogP contribution in [-0.2, 0) is 4.79 Å². The van der Waals surface area contributed by atoms with Crippen molar-refractivity contribution < 1.29 is 19.4 Å². The normalized spacial score (nSPS) is 24.1. The summed E-state index contributed by atoms with van der Waals surface area (Å²) in [5.74, 6) is -0.474. The third-order valence-electron chi connectivity index (χ3n) is 4.08. The van der Waals surface area contributed by atoms with Crippen LogP contribution >= 0.6 is 0 Å². The first-order chi connectivity index (χ1) is 10.1. The van der Waals surface area contributed by atoms with Crippen LogP contribution in [0.15, 0.2) is 24.3 Å². The Bertz CT molecular complexity index is 560. The molecular formula is C15H18N2O4. The molecule has 21 heavy (non-hydrogen) atoms. The highest BCUT2D eigenvalue weighted by Crippen LogP contribution is 2.31. The third-order valence-corrected chi connectivity index (χ3v) is 4.08. The van der Waals surface area contributed by atoms with Gasteiger partial charge in [0, 0.05) is 25.1 Å². The van der Waals surface area contributed by atoms with Gasteiger partial charge in [-0.25, -0.2) is 4.79 Å². The van der Waals surface area contributed by atoms with Gasteiger partial charge in [0.25, 0.3) is 0 Å². The van der Waals surface area contributed by atoms with E-state index >= 15 is 0 Å². The molecule has 2 atom stereocenters. The second-order valence-corrected chi connectivity index (χ2v) is 5.45. The van der Waals surface area contributed by atoms with E-state index in [1.54, 1.807) is 4.90 Å². The van der Waals surface area contributed by atoms with Gasteiger partial charge in [-0.15, -0.1) is 0 Å². The fourth-order valence-electron chi connectivity index (χ4n) is 2.88. The number of fused-ring (bicyclic) bond motifs is 1. The predicted molar refractivity (Wildman–Crippen MR) is 75.1 cm³/mol. The molecule has 0 bridgehead atoms. The number of benzene rings is 1. The number of carbonyl (C=O) groups excluding carboxylic acids is 1. The number of carboxylic acid groups (broad SMARTS) is 1. The number of carboxylic acids is 1. The van der Waals surface area contributed by atoms with Crippen LogP contribution in [0.25, 0.3) is 0 Å². The van der Waals surface area contributed by atoms with E-state index in [2.05, 4.69) is 5.32 Å². The van der Waals surface area contributed by atoms with Crippen molar-refractivity contribution in [3.8, 4) is 5.75 Å². The lowest BCUT2D eigenvalue weighted by Crippen LogP contribution is -2.42. The maximum Gasteiger partial charge on any atom is 0.317 e. The Labute approximate surface area is 122 Å². The van der Waals surface area contributed by atoms with Gasteiger partial charge in [0.1, 0.15) is 5.75 Å². The molecule has 0 aliphatic carbocycles. The van der Waals surface area contributed by atoms with Crippen molar-refractivity contribution >= 4 is 12.0 Å². The van der Waals surface area contributed by atoms with E-state index in [-0.39, 0.29) is 18.6 Å². The number of likely N-dealkylation sites (tertiary alicyclic amines) is 1. The molecule has 0 spiro atoms. The largest absolute Gasteiger partial charge is 0.493 e. The van der Waals surface area contributed by atoms with Gasteiger partial charge < -0.3 is 20.1 Å². The van der Waals surface area contributed by atoms with Crippen molar-refractivity contribution in [2.75, 3.05) is 19.7 Å². The second kappa shape index (κ2) is 5.63. The van der Waals surface area contributed by atoms with Crippen molar-refractivity contribution in [3.05, 3.63) is 29.8 Å². The molecule has 0 saturated carbocycles. The molecule has 2 aliphatic heterocycles. The Morgan fingerprint density at radius 3 is 2.86 bits per heavy atom. The molecule has 2 N–H and O–H groups in total. The van der Waals surface area contributed by atoms with E-state index in [4.69, 9.17) is 9.84 Å². The first-order valence-electron chi connectivity index (χ1n) is 7.15. The molecule has 3 rings (SSSR count). The van der Waals surface area contributed by atoms with E-state index in [0.29, 0.717) is 19.6 Å². The lowest BCUT2D eigenvalue weighted by molar-refractivity contribution is -0.141. The van der Waals surface area contributed by atoms with E-state index in [1.165, 1.54) is 0 Å². The van der Waals surface area contributed by atoms with Gasteiger partial charge in [0.2, 0.25) is 0 Å². The summed E-state index contributed by atoms with van der Waals surface area (Å²) >= 11 is 0. The van der Waals surface area contributed by atoms with Crippen molar-refractivity contribution in [1.29, 1.82) is 0 Å². The van der Waals surface area contributed by atoms with Gasteiger partial charge in [-0.05, 0) is 12.5 Å². The molecule has 112 valence electrons. The Morgan fingerprint density at radius 2 is 2.10 bits per heavy atom. The van der Waals surface area contributed by atoms with E-state index in [0.717, 1.165) is 17.7 Å². The lowest BCUT2D eigenvalue weighted by Gasteiger charge is -2.28. The number of aliphatic carboxylic acids is 1. The van der Waals surface area contributed by atoms with Gasteiger partial charge in [-0.1, -0.05) is 18.2 Å². The Morgan fingerprint density at radius 1 is 1.29 bits per heavy atom. The van der Waals surface area contributed by atoms with Crippen molar-refractivity contribution in [2.45, 2.75) is 18.9 Å². The summed E-state index contributed by atoms with van der Waals surface area (Å²) in [5, 5.41) is 12.0. The summed E-state index contributed by atoms with van der Waals surface area (Å²) in [7, 11) is 0. The van der Waals surface area contributed by atoms with Crippen LogP contribution < -0.4 is 10.1 Å². The molecule has 2 amide bonds. The first-order valence-corrected chi connectivity index (χ1v) is 7.15. The first kappa shape index (κ1) is 13.7. The summed E-state index contributed by atoms with van der Waals surface area (Å²) in [5.41, 5.74) is 0.978. The smallest absolute Gasteiger partial charge is 0.317 e. The van der Waals surface area contributed by atoms with Crippen LogP contribution in [0.5, 0.6) is 5.75 Å². The number of rotatable bonds is 2. The van der Waals surface area contributed by atoms with Crippen molar-refractivity contribution in [3.63, 3.8) is 0 Å². The van der Waals surface area contributed by atoms with Gasteiger partial charge in [-0.3, -0.25) is 4.79 Å². The average molecular weight is 290 g/mol. The van der Waals surface area contributed by atoms with Crippen LogP contribution in [0.3, 0.4) is 0 Å². The topological polar surface area (TPSA) is 78.9 Å². The number of hydrogen-bond acceptors (Lipinski definition) is 3. The minimum atomic E-state index is -0.832.